The number of hydrogen-bond donors (Lipinski definition) is 3. The molecule has 0 fully saturated rings. The Balaban J connectivity index is 2.63. The van der Waals surface area contributed by atoms with Crippen molar-refractivity contribution in [1.82, 2.24) is 4.98 Å². The van der Waals surface area contributed by atoms with Crippen molar-refractivity contribution in [2.45, 2.75) is 19.4 Å². The largest absolute Gasteiger partial charge is 0.479 e. The average Bonchev–Trinajstić information content (AvgIpc) is 2.55. The molecular formula is C16H16F2N2O5. The molecule has 1 unspecified atom stereocenters. The van der Waals surface area contributed by atoms with E-state index in [1.165, 1.54) is 0 Å². The Hall–Kier alpha value is -2.81. The van der Waals surface area contributed by atoms with Crippen molar-refractivity contribution in [1.29, 1.82) is 0 Å². The van der Waals surface area contributed by atoms with E-state index in [-0.39, 0.29) is 28.8 Å². The van der Waals surface area contributed by atoms with E-state index in [1.54, 1.807) is 6.92 Å². The summed E-state index contributed by atoms with van der Waals surface area (Å²) in [4.78, 5) is 26.8. The first kappa shape index (κ1) is 18.5. The van der Waals surface area contributed by atoms with E-state index in [9.17, 15) is 23.5 Å². The third-order valence-electron chi connectivity index (χ3n) is 3.49. The number of carboxylic acid groups (broad SMARTS) is 1. The fourth-order valence-corrected chi connectivity index (χ4v) is 2.12. The number of aliphatic hydroxyl groups is 1. The number of pyridine rings is 1. The molecule has 134 valence electrons. The number of anilines is 1. The van der Waals surface area contributed by atoms with Crippen molar-refractivity contribution in [3.05, 3.63) is 35.5 Å². The minimum Gasteiger partial charge on any atom is -0.479 e. The highest BCUT2D eigenvalue weighted by molar-refractivity contribution is 6.05. The Kier molecular flexibility index (Phi) is 5.17. The second-order valence-corrected chi connectivity index (χ2v) is 5.45. The maximum absolute atomic E-state index is 14.3. The summed E-state index contributed by atoms with van der Waals surface area (Å²) in [5.41, 5.74) is -2.96. The first-order chi connectivity index (χ1) is 11.7. The van der Waals surface area contributed by atoms with Gasteiger partial charge in [0.2, 0.25) is 0 Å². The van der Waals surface area contributed by atoms with Crippen LogP contribution in [0.3, 0.4) is 0 Å². The van der Waals surface area contributed by atoms with Crippen LogP contribution in [0.5, 0.6) is 0 Å². The van der Waals surface area contributed by atoms with Crippen molar-refractivity contribution in [3.63, 3.8) is 0 Å². The molecule has 0 aliphatic rings. The molecule has 25 heavy (non-hydrogen) atoms. The number of nitrogens with one attached hydrogen (secondary N) is 1. The van der Waals surface area contributed by atoms with Crippen LogP contribution in [0.4, 0.5) is 14.5 Å². The quantitative estimate of drug-likeness (QED) is 0.680. The van der Waals surface area contributed by atoms with Gasteiger partial charge in [-0.1, -0.05) is 0 Å². The van der Waals surface area contributed by atoms with E-state index < -0.39 is 35.7 Å². The van der Waals surface area contributed by atoms with Crippen molar-refractivity contribution >= 4 is 28.5 Å². The molecule has 7 nitrogen and oxygen atoms in total. The lowest BCUT2D eigenvalue weighted by Gasteiger charge is -2.21. The van der Waals surface area contributed by atoms with E-state index >= 15 is 0 Å². The third-order valence-corrected chi connectivity index (χ3v) is 3.49. The van der Waals surface area contributed by atoms with Crippen LogP contribution in [0.1, 0.15) is 24.2 Å². The zero-order valence-corrected chi connectivity index (χ0v) is 13.5. The predicted octanol–water partition coefficient (Wildman–Crippen LogP) is 1.94. The molecule has 2 rings (SSSR count). The van der Waals surface area contributed by atoms with Gasteiger partial charge >= 0.3 is 11.9 Å². The van der Waals surface area contributed by atoms with Crippen molar-refractivity contribution in [2.24, 2.45) is 0 Å². The SMILES string of the molecule is CCOC(=O)c1cnc2c(F)ccc(F)c2c1NCC(C)(O)C(=O)O. The van der Waals surface area contributed by atoms with Crippen LogP contribution in [0.2, 0.25) is 0 Å². The van der Waals surface area contributed by atoms with Gasteiger partial charge in [-0.05, 0) is 26.0 Å². The fourth-order valence-electron chi connectivity index (χ4n) is 2.12. The van der Waals surface area contributed by atoms with Crippen LogP contribution in [-0.2, 0) is 9.53 Å². The summed E-state index contributed by atoms with van der Waals surface area (Å²) < 4.78 is 33.0. The molecule has 1 aromatic heterocycles. The van der Waals surface area contributed by atoms with Gasteiger partial charge < -0.3 is 20.3 Å². The van der Waals surface area contributed by atoms with Gasteiger partial charge in [0.15, 0.2) is 5.60 Å². The Morgan fingerprint density at radius 1 is 1.32 bits per heavy atom. The number of nitrogens with zero attached hydrogens (tertiary/aromatic N) is 1. The van der Waals surface area contributed by atoms with Gasteiger partial charge in [-0.25, -0.2) is 18.4 Å². The van der Waals surface area contributed by atoms with Gasteiger partial charge in [-0.3, -0.25) is 4.98 Å². The van der Waals surface area contributed by atoms with Gasteiger partial charge in [-0.2, -0.15) is 0 Å². The molecule has 1 atom stereocenters. The Morgan fingerprint density at radius 2 is 1.96 bits per heavy atom. The summed E-state index contributed by atoms with van der Waals surface area (Å²) in [5, 5.41) is 21.0. The number of fused-ring (bicyclic) bond motifs is 1. The summed E-state index contributed by atoms with van der Waals surface area (Å²) in [5.74, 6) is -4.06. The van der Waals surface area contributed by atoms with Gasteiger partial charge in [0.25, 0.3) is 0 Å². The molecule has 2 aromatic rings. The van der Waals surface area contributed by atoms with Gasteiger partial charge in [0.1, 0.15) is 22.7 Å². The van der Waals surface area contributed by atoms with Crippen molar-refractivity contribution in [3.8, 4) is 0 Å². The smallest absolute Gasteiger partial charge is 0.341 e. The number of aliphatic carboxylic acids is 1. The molecule has 3 N–H and O–H groups in total. The van der Waals surface area contributed by atoms with Crippen LogP contribution in [0.25, 0.3) is 10.9 Å². The normalized spacial score (nSPS) is 13.3. The summed E-state index contributed by atoms with van der Waals surface area (Å²) in [6.45, 7) is 2.06. The lowest BCUT2D eigenvalue weighted by Crippen LogP contribution is -2.42. The number of hydrogen-bond acceptors (Lipinski definition) is 6. The predicted molar refractivity (Wildman–Crippen MR) is 84.4 cm³/mol. The number of esters is 1. The molecular weight excluding hydrogens is 338 g/mol. The van der Waals surface area contributed by atoms with Crippen LogP contribution in [0, 0.1) is 11.6 Å². The average molecular weight is 354 g/mol. The van der Waals surface area contributed by atoms with Crippen molar-refractivity contribution in [2.75, 3.05) is 18.5 Å². The number of aromatic nitrogens is 1. The highest BCUT2D eigenvalue weighted by atomic mass is 19.1. The lowest BCUT2D eigenvalue weighted by atomic mass is 10.1. The number of ether oxygens (including phenoxy) is 1. The fraction of sp³-hybridized carbons (Fsp3) is 0.312. The molecule has 0 aliphatic carbocycles. The second kappa shape index (κ2) is 6.98. The van der Waals surface area contributed by atoms with Crippen molar-refractivity contribution < 1.29 is 33.3 Å². The molecule has 0 radical (unpaired) electrons. The summed E-state index contributed by atoms with van der Waals surface area (Å²) in [7, 11) is 0. The zero-order chi connectivity index (χ0) is 18.8. The Labute approximate surface area is 141 Å². The Morgan fingerprint density at radius 3 is 2.56 bits per heavy atom. The maximum atomic E-state index is 14.3. The Bertz CT molecular complexity index is 839. The highest BCUT2D eigenvalue weighted by Crippen LogP contribution is 2.31. The highest BCUT2D eigenvalue weighted by Gasteiger charge is 2.31. The van der Waals surface area contributed by atoms with E-state index in [1.807, 2.05) is 0 Å². The lowest BCUT2D eigenvalue weighted by molar-refractivity contribution is -0.155. The van der Waals surface area contributed by atoms with Gasteiger partial charge in [-0.15, -0.1) is 0 Å². The summed E-state index contributed by atoms with van der Waals surface area (Å²) in [6, 6.07) is 1.74. The van der Waals surface area contributed by atoms with Crippen LogP contribution in [0.15, 0.2) is 18.3 Å². The minimum atomic E-state index is -2.20. The van der Waals surface area contributed by atoms with Crippen LogP contribution >= 0.6 is 0 Å². The molecule has 1 heterocycles. The van der Waals surface area contributed by atoms with Gasteiger partial charge in [0.05, 0.1) is 24.2 Å². The molecule has 0 aliphatic heterocycles. The summed E-state index contributed by atoms with van der Waals surface area (Å²) >= 11 is 0. The molecule has 1 aromatic carbocycles. The molecule has 0 saturated carbocycles. The third kappa shape index (κ3) is 3.66. The van der Waals surface area contributed by atoms with E-state index in [4.69, 9.17) is 9.84 Å². The standard InChI is InChI=1S/C16H16F2N2O5/c1-3-25-14(21)8-6-19-13-10(18)5-4-9(17)11(13)12(8)20-7-16(2,24)15(22)23/h4-6,24H,3,7H2,1-2H3,(H,19,20)(H,22,23). The van der Waals surface area contributed by atoms with Crippen LogP contribution < -0.4 is 5.32 Å². The first-order valence-electron chi connectivity index (χ1n) is 7.32. The number of benzene rings is 1. The number of rotatable bonds is 6. The molecule has 0 spiro atoms. The number of halogens is 2. The zero-order valence-electron chi connectivity index (χ0n) is 13.5. The first-order valence-corrected chi connectivity index (χ1v) is 7.32. The molecule has 9 heteroatoms. The van der Waals surface area contributed by atoms with E-state index in [0.29, 0.717) is 0 Å². The minimum absolute atomic E-state index is 0.0365. The van der Waals surface area contributed by atoms with E-state index in [2.05, 4.69) is 10.3 Å². The number of carbonyl (C=O) groups excluding carboxylic acids is 1. The van der Waals surface area contributed by atoms with E-state index in [0.717, 1.165) is 25.3 Å². The van der Waals surface area contributed by atoms with Gasteiger partial charge in [0, 0.05) is 6.20 Å². The number of carboxylic acids is 1. The summed E-state index contributed by atoms with van der Waals surface area (Å²) in [6.07, 6.45) is 1.00. The molecule has 0 saturated heterocycles. The molecule has 0 amide bonds. The second-order valence-electron chi connectivity index (χ2n) is 5.45. The maximum Gasteiger partial charge on any atom is 0.341 e. The van der Waals surface area contributed by atoms with Crippen LogP contribution in [-0.4, -0.2) is 45.9 Å². The molecule has 0 bridgehead atoms. The monoisotopic (exact) mass is 354 g/mol. The topological polar surface area (TPSA) is 109 Å². The number of carbonyl (C=O) groups is 2.